The summed E-state index contributed by atoms with van der Waals surface area (Å²) >= 11 is 0. The van der Waals surface area contributed by atoms with Crippen molar-refractivity contribution in [2.45, 2.75) is 38.4 Å². The van der Waals surface area contributed by atoms with Crippen molar-refractivity contribution in [1.82, 2.24) is 19.4 Å². The van der Waals surface area contributed by atoms with Gasteiger partial charge >= 0.3 is 16.4 Å². The first kappa shape index (κ1) is 27.6. The van der Waals surface area contributed by atoms with Gasteiger partial charge in [0, 0.05) is 49.3 Å². The van der Waals surface area contributed by atoms with Crippen molar-refractivity contribution in [3.05, 3.63) is 47.3 Å². The maximum absolute atomic E-state index is 13.2. The second kappa shape index (κ2) is 10.8. The summed E-state index contributed by atoms with van der Waals surface area (Å²) in [5.74, 6) is -0.915. The quantitative estimate of drug-likeness (QED) is 0.617. The third kappa shape index (κ3) is 7.19. The number of aromatic nitrogens is 2. The zero-order valence-electron chi connectivity index (χ0n) is 19.1. The van der Waals surface area contributed by atoms with Crippen LogP contribution in [0.2, 0.25) is 0 Å². The van der Waals surface area contributed by atoms with Gasteiger partial charge in [-0.15, -0.1) is 0 Å². The van der Waals surface area contributed by atoms with Gasteiger partial charge in [0.2, 0.25) is 5.91 Å². The van der Waals surface area contributed by atoms with Crippen LogP contribution in [0.5, 0.6) is 0 Å². The minimum absolute atomic E-state index is 0. The van der Waals surface area contributed by atoms with Gasteiger partial charge in [0.05, 0.1) is 29.9 Å². The number of aryl methyl sites for hydroxylation is 2. The van der Waals surface area contributed by atoms with Crippen molar-refractivity contribution in [3.8, 4) is 0 Å². The van der Waals surface area contributed by atoms with Gasteiger partial charge < -0.3 is 4.90 Å². The largest absolute Gasteiger partial charge is 0.416 e. The molecule has 1 aliphatic rings. The van der Waals surface area contributed by atoms with Gasteiger partial charge in [-0.2, -0.15) is 26.7 Å². The molecule has 0 aliphatic carbocycles. The van der Waals surface area contributed by atoms with Crippen LogP contribution in [0, 0.1) is 6.92 Å². The summed E-state index contributed by atoms with van der Waals surface area (Å²) in [7, 11) is -0.789. The molecule has 0 saturated carbocycles. The van der Waals surface area contributed by atoms with E-state index >= 15 is 0 Å². The van der Waals surface area contributed by atoms with Crippen molar-refractivity contribution in [2.24, 2.45) is 7.05 Å². The van der Waals surface area contributed by atoms with Gasteiger partial charge in [-0.3, -0.25) is 9.48 Å². The fourth-order valence-corrected chi connectivity index (χ4v) is 5.34. The van der Waals surface area contributed by atoms with Crippen molar-refractivity contribution < 1.29 is 26.4 Å². The second-order valence-electron chi connectivity index (χ2n) is 8.14. The van der Waals surface area contributed by atoms with E-state index < -0.39 is 40.3 Å². The van der Waals surface area contributed by atoms with Crippen LogP contribution < -0.4 is 9.03 Å². The number of hydrogen-bond donors (Lipinski definition) is 1. The second-order valence-corrected chi connectivity index (χ2v) is 9.69. The van der Waals surface area contributed by atoms with Gasteiger partial charge in [-0.05, 0) is 51.1 Å². The number of piperidine rings is 1. The molecule has 2 heterocycles. The Morgan fingerprint density at radius 3 is 2.55 bits per heavy atom. The Morgan fingerprint density at radius 2 is 1.97 bits per heavy atom. The van der Waals surface area contributed by atoms with E-state index in [-0.39, 0.29) is 35.1 Å². The zero-order valence-corrected chi connectivity index (χ0v) is 21.9. The summed E-state index contributed by atoms with van der Waals surface area (Å²) in [5, 5.41) is 4.03. The normalized spacial score (nSPS) is 17.3. The molecule has 1 N–H and O–H groups in total. The maximum Gasteiger partial charge on any atom is 0.416 e. The standard InChI is InChI=1S/C20H26F3N5O3S.Na/c1-14-7-15(9-16(8-14)20(21,22)23)10-19(29)25-32(30,31)28(18-11-24-27(3)13-18)17-5-4-6-26(2)12-17;/h7-9,11,13,17H,4-6,10,12H2,1-3H3,(H,25,29);. The Kier molecular flexibility index (Phi) is 9.02. The van der Waals surface area contributed by atoms with Crippen molar-refractivity contribution in [2.75, 3.05) is 24.4 Å². The molecule has 1 fully saturated rings. The van der Waals surface area contributed by atoms with Gasteiger partial charge in [-0.25, -0.2) is 9.03 Å². The third-order valence-electron chi connectivity index (χ3n) is 5.21. The molecule has 8 nitrogen and oxygen atoms in total. The molecular weight excluding hydrogens is 470 g/mol. The molecule has 1 atom stereocenters. The average molecular weight is 497 g/mol. The number of carbonyl (C=O) groups excluding carboxylic acids is 1. The van der Waals surface area contributed by atoms with E-state index in [1.807, 2.05) is 16.7 Å². The molecule has 1 amide bonds. The fourth-order valence-electron chi connectivity index (χ4n) is 3.94. The fraction of sp³-hybridized carbons (Fsp3) is 0.500. The summed E-state index contributed by atoms with van der Waals surface area (Å²) in [6.07, 6.45) is -0.752. The summed E-state index contributed by atoms with van der Waals surface area (Å²) < 4.78 is 70.2. The molecule has 1 aromatic carbocycles. The molecular formula is C20H26F3N5NaO3S. The SMILES string of the molecule is Cc1cc(CC(=O)NS(=O)(=O)N(c2cnn(C)c2)C2CCCN(C)C2)cc(C(F)(F)F)c1.[Na]. The molecule has 1 radical (unpaired) electrons. The molecule has 33 heavy (non-hydrogen) atoms. The molecule has 0 bridgehead atoms. The van der Waals surface area contributed by atoms with Crippen LogP contribution >= 0.6 is 0 Å². The summed E-state index contributed by atoms with van der Waals surface area (Å²) in [4.78, 5) is 14.6. The van der Waals surface area contributed by atoms with Crippen LogP contribution in [0.25, 0.3) is 0 Å². The number of nitrogens with zero attached hydrogens (tertiary/aromatic N) is 4. The van der Waals surface area contributed by atoms with Crippen LogP contribution in [-0.2, 0) is 34.6 Å². The van der Waals surface area contributed by atoms with Crippen LogP contribution in [0.15, 0.2) is 30.6 Å². The summed E-state index contributed by atoms with van der Waals surface area (Å²) in [5.41, 5.74) is -0.170. The summed E-state index contributed by atoms with van der Waals surface area (Å²) in [6, 6.07) is 2.84. The number of likely N-dealkylation sites (N-methyl/N-ethyl adjacent to an activating group) is 1. The van der Waals surface area contributed by atoms with E-state index in [2.05, 4.69) is 5.10 Å². The molecule has 0 spiro atoms. The first-order valence-corrected chi connectivity index (χ1v) is 11.5. The first-order chi connectivity index (χ1) is 14.8. The predicted molar refractivity (Wildman–Crippen MR) is 119 cm³/mol. The number of likely N-dealkylation sites (tertiary alicyclic amines) is 1. The number of benzene rings is 1. The number of amides is 1. The van der Waals surface area contributed by atoms with E-state index in [0.29, 0.717) is 24.2 Å². The van der Waals surface area contributed by atoms with Gasteiger partial charge in [0.25, 0.3) is 0 Å². The monoisotopic (exact) mass is 496 g/mol. The minimum Gasteiger partial charge on any atom is -0.304 e. The molecule has 1 saturated heterocycles. The van der Waals surface area contributed by atoms with Gasteiger partial charge in [0.15, 0.2) is 0 Å². The van der Waals surface area contributed by atoms with E-state index in [1.165, 1.54) is 30.1 Å². The van der Waals surface area contributed by atoms with Gasteiger partial charge in [-0.1, -0.05) is 11.6 Å². The number of carbonyl (C=O) groups is 1. The number of nitrogens with one attached hydrogen (secondary N) is 1. The summed E-state index contributed by atoms with van der Waals surface area (Å²) in [6.45, 7) is 2.78. The number of halogens is 3. The van der Waals surface area contributed by atoms with E-state index in [9.17, 15) is 26.4 Å². The van der Waals surface area contributed by atoms with Gasteiger partial charge in [0.1, 0.15) is 0 Å². The first-order valence-electron chi connectivity index (χ1n) is 10.0. The predicted octanol–water partition coefficient (Wildman–Crippen LogP) is 1.87. The Hall–Kier alpha value is -1.60. The Bertz CT molecular complexity index is 1090. The van der Waals surface area contributed by atoms with Crippen LogP contribution in [-0.4, -0.2) is 84.7 Å². The van der Waals surface area contributed by atoms with Crippen molar-refractivity contribution in [1.29, 1.82) is 0 Å². The van der Waals surface area contributed by atoms with Crippen molar-refractivity contribution >= 4 is 51.4 Å². The topological polar surface area (TPSA) is 87.5 Å². The number of anilines is 1. The third-order valence-corrected chi connectivity index (χ3v) is 6.72. The van der Waals surface area contributed by atoms with E-state index in [1.54, 1.807) is 7.05 Å². The number of alkyl halides is 3. The average Bonchev–Trinajstić information content (AvgIpc) is 3.05. The van der Waals surface area contributed by atoms with Crippen LogP contribution in [0.3, 0.4) is 0 Å². The van der Waals surface area contributed by atoms with E-state index in [0.717, 1.165) is 29.4 Å². The number of hydrogen-bond acceptors (Lipinski definition) is 5. The molecule has 177 valence electrons. The minimum atomic E-state index is -4.56. The zero-order chi connectivity index (χ0) is 23.7. The van der Waals surface area contributed by atoms with Crippen molar-refractivity contribution in [3.63, 3.8) is 0 Å². The Balaban J connectivity index is 0.00000385. The van der Waals surface area contributed by atoms with Crippen LogP contribution in [0.1, 0.15) is 29.5 Å². The molecule has 1 aromatic heterocycles. The smallest absolute Gasteiger partial charge is 0.304 e. The Morgan fingerprint density at radius 1 is 1.27 bits per heavy atom. The molecule has 3 rings (SSSR count). The molecule has 1 aliphatic heterocycles. The van der Waals surface area contributed by atoms with E-state index in [4.69, 9.17) is 0 Å². The molecule has 1 unspecified atom stereocenters. The Labute approximate surface area is 213 Å². The molecule has 2 aromatic rings. The maximum atomic E-state index is 13.2. The van der Waals surface area contributed by atoms with Crippen LogP contribution in [0.4, 0.5) is 18.9 Å². The number of rotatable bonds is 6. The molecule has 13 heteroatoms.